The fraction of sp³-hybridized carbons (Fsp3) is 0.600. The Morgan fingerprint density at radius 1 is 1.31 bits per heavy atom. The van der Waals surface area contributed by atoms with E-state index in [1.807, 2.05) is 4.90 Å². The Kier molecular flexibility index (Phi) is 4.97. The Morgan fingerprint density at radius 3 is 2.96 bits per heavy atom. The molecule has 6 heteroatoms. The molecule has 0 saturated carbocycles. The molecular weight excluding hydrogens is 346 g/mol. The Hall–Kier alpha value is -1.53. The topological polar surface area (TPSA) is 52.7 Å². The normalized spacial score (nSPS) is 28.1. The zero-order valence-corrected chi connectivity index (χ0v) is 16.2. The summed E-state index contributed by atoms with van der Waals surface area (Å²) in [5.74, 6) is 0.863. The average molecular weight is 374 g/mol. The fourth-order valence-corrected chi connectivity index (χ4v) is 5.82. The lowest BCUT2D eigenvalue weighted by molar-refractivity contribution is -0.137. The number of thioether (sulfide) groups is 1. The zero-order chi connectivity index (χ0) is 18.1. The highest BCUT2D eigenvalue weighted by atomic mass is 32.2. The summed E-state index contributed by atoms with van der Waals surface area (Å²) in [6.07, 6.45) is 3.48. The minimum atomic E-state index is -0.290. The maximum Gasteiger partial charge on any atom is 0.243 e. The molecule has 0 spiro atoms. The summed E-state index contributed by atoms with van der Waals surface area (Å²) < 4.78 is 0. The van der Waals surface area contributed by atoms with E-state index in [1.54, 1.807) is 11.8 Å². The van der Waals surface area contributed by atoms with E-state index < -0.39 is 0 Å². The summed E-state index contributed by atoms with van der Waals surface area (Å²) >= 11 is 1.75. The standard InChI is InChI=1S/C20H27N3O2S/c1-20-9-7-18(24)23(20)17(14-26-20)19(25)21-10-4-11-22-12-8-15-5-2-3-6-16(15)13-22/h2-3,5-6,17H,4,7-14H2,1H3,(H,21,25). The molecule has 0 bridgehead atoms. The number of hydrogen-bond donors (Lipinski definition) is 1. The van der Waals surface area contributed by atoms with E-state index in [4.69, 9.17) is 0 Å². The van der Waals surface area contributed by atoms with Crippen LogP contribution < -0.4 is 5.32 Å². The molecule has 140 valence electrons. The molecule has 1 aromatic rings. The zero-order valence-electron chi connectivity index (χ0n) is 15.4. The number of nitrogens with one attached hydrogen (secondary N) is 1. The van der Waals surface area contributed by atoms with Gasteiger partial charge in [-0.15, -0.1) is 11.8 Å². The highest BCUT2D eigenvalue weighted by Gasteiger charge is 2.52. The van der Waals surface area contributed by atoms with Crippen molar-refractivity contribution in [1.29, 1.82) is 0 Å². The van der Waals surface area contributed by atoms with Crippen molar-refractivity contribution in [3.8, 4) is 0 Å². The van der Waals surface area contributed by atoms with Crippen LogP contribution in [0.2, 0.25) is 0 Å². The lowest BCUT2D eigenvalue weighted by atomic mass is 10.00. The van der Waals surface area contributed by atoms with Crippen molar-refractivity contribution in [3.63, 3.8) is 0 Å². The van der Waals surface area contributed by atoms with Gasteiger partial charge >= 0.3 is 0 Å². The minimum Gasteiger partial charge on any atom is -0.354 e. The Labute approximate surface area is 159 Å². The second-order valence-corrected chi connectivity index (χ2v) is 9.21. The second kappa shape index (κ2) is 7.24. The number of carbonyl (C=O) groups excluding carboxylic acids is 2. The largest absolute Gasteiger partial charge is 0.354 e. The van der Waals surface area contributed by atoms with E-state index in [2.05, 4.69) is 41.4 Å². The van der Waals surface area contributed by atoms with Gasteiger partial charge in [-0.3, -0.25) is 14.5 Å². The summed E-state index contributed by atoms with van der Waals surface area (Å²) in [6, 6.07) is 8.36. The molecule has 3 aliphatic heterocycles. The fourth-order valence-electron chi connectivity index (χ4n) is 4.39. The van der Waals surface area contributed by atoms with Crippen molar-refractivity contribution in [1.82, 2.24) is 15.1 Å². The van der Waals surface area contributed by atoms with Gasteiger partial charge in [0.05, 0.1) is 4.87 Å². The van der Waals surface area contributed by atoms with E-state index >= 15 is 0 Å². The van der Waals surface area contributed by atoms with Crippen LogP contribution in [-0.2, 0) is 22.6 Å². The molecule has 5 nitrogen and oxygen atoms in total. The number of carbonyl (C=O) groups is 2. The van der Waals surface area contributed by atoms with Gasteiger partial charge in [0.25, 0.3) is 0 Å². The molecule has 3 aliphatic rings. The smallest absolute Gasteiger partial charge is 0.243 e. The van der Waals surface area contributed by atoms with E-state index in [0.717, 1.165) is 44.6 Å². The van der Waals surface area contributed by atoms with Gasteiger partial charge in [-0.1, -0.05) is 24.3 Å². The predicted octanol–water partition coefficient (Wildman–Crippen LogP) is 2.00. The minimum absolute atomic E-state index is 0.0143. The summed E-state index contributed by atoms with van der Waals surface area (Å²) in [5.41, 5.74) is 2.90. The van der Waals surface area contributed by atoms with Crippen LogP contribution in [0.3, 0.4) is 0 Å². The maximum atomic E-state index is 12.6. The van der Waals surface area contributed by atoms with Crippen LogP contribution in [0.25, 0.3) is 0 Å². The Bertz CT molecular complexity index is 710. The van der Waals surface area contributed by atoms with Crippen LogP contribution >= 0.6 is 11.8 Å². The summed E-state index contributed by atoms with van der Waals surface area (Å²) in [7, 11) is 0. The molecule has 4 rings (SSSR count). The molecule has 2 fully saturated rings. The number of benzene rings is 1. The van der Waals surface area contributed by atoms with Crippen molar-refractivity contribution in [2.75, 3.05) is 25.4 Å². The number of amides is 2. The van der Waals surface area contributed by atoms with Crippen molar-refractivity contribution in [3.05, 3.63) is 35.4 Å². The number of hydrogen-bond acceptors (Lipinski definition) is 4. The molecule has 2 amide bonds. The monoisotopic (exact) mass is 373 g/mol. The first-order valence-electron chi connectivity index (χ1n) is 9.60. The van der Waals surface area contributed by atoms with Gasteiger partial charge in [0.1, 0.15) is 6.04 Å². The van der Waals surface area contributed by atoms with Crippen LogP contribution in [0, 0.1) is 0 Å². The van der Waals surface area contributed by atoms with Crippen LogP contribution in [0.1, 0.15) is 37.3 Å². The van der Waals surface area contributed by atoms with Crippen LogP contribution in [0.15, 0.2) is 24.3 Å². The highest BCUT2D eigenvalue weighted by Crippen LogP contribution is 2.47. The molecule has 2 atom stereocenters. The third kappa shape index (κ3) is 3.37. The van der Waals surface area contributed by atoms with Gasteiger partial charge in [0.15, 0.2) is 0 Å². The third-order valence-corrected chi connectivity index (χ3v) is 7.41. The van der Waals surface area contributed by atoms with Crippen molar-refractivity contribution < 1.29 is 9.59 Å². The summed E-state index contributed by atoms with van der Waals surface area (Å²) in [5, 5.41) is 3.06. The molecular formula is C20H27N3O2S. The van der Waals surface area contributed by atoms with Gasteiger partial charge < -0.3 is 10.2 Å². The van der Waals surface area contributed by atoms with Crippen molar-refractivity contribution >= 4 is 23.6 Å². The second-order valence-electron chi connectivity index (χ2n) is 7.71. The van der Waals surface area contributed by atoms with Gasteiger partial charge in [-0.25, -0.2) is 0 Å². The molecule has 1 N–H and O–H groups in total. The van der Waals surface area contributed by atoms with Crippen LogP contribution in [0.5, 0.6) is 0 Å². The molecule has 1 aromatic carbocycles. The van der Waals surface area contributed by atoms with E-state index in [0.29, 0.717) is 13.0 Å². The predicted molar refractivity (Wildman–Crippen MR) is 104 cm³/mol. The van der Waals surface area contributed by atoms with E-state index in [1.165, 1.54) is 11.1 Å². The van der Waals surface area contributed by atoms with Crippen molar-refractivity contribution in [2.45, 2.75) is 50.1 Å². The van der Waals surface area contributed by atoms with E-state index in [-0.39, 0.29) is 22.7 Å². The molecule has 0 aliphatic carbocycles. The third-order valence-electron chi connectivity index (χ3n) is 5.91. The number of fused-ring (bicyclic) bond motifs is 2. The maximum absolute atomic E-state index is 12.6. The van der Waals surface area contributed by atoms with Gasteiger partial charge in [-0.05, 0) is 37.3 Å². The van der Waals surface area contributed by atoms with Crippen molar-refractivity contribution in [2.24, 2.45) is 0 Å². The summed E-state index contributed by atoms with van der Waals surface area (Å²) in [4.78, 5) is 28.8. The quantitative estimate of drug-likeness (QED) is 0.802. The Balaban J connectivity index is 1.22. The van der Waals surface area contributed by atoms with Crippen LogP contribution in [0.4, 0.5) is 0 Å². The highest BCUT2D eigenvalue weighted by molar-refractivity contribution is 8.01. The van der Waals surface area contributed by atoms with Gasteiger partial charge in [-0.2, -0.15) is 0 Å². The average Bonchev–Trinajstić information content (AvgIpc) is 3.14. The first kappa shape index (κ1) is 17.9. The molecule has 2 unspecified atom stereocenters. The molecule has 26 heavy (non-hydrogen) atoms. The first-order valence-corrected chi connectivity index (χ1v) is 10.6. The molecule has 0 radical (unpaired) electrons. The van der Waals surface area contributed by atoms with Crippen LogP contribution in [-0.4, -0.2) is 57.9 Å². The number of nitrogens with zero attached hydrogens (tertiary/aromatic N) is 2. The van der Waals surface area contributed by atoms with E-state index in [9.17, 15) is 9.59 Å². The SMILES string of the molecule is CC12CCC(=O)N1C(C(=O)NCCCN1CCc3ccccc3C1)CS2. The molecule has 2 saturated heterocycles. The Morgan fingerprint density at radius 2 is 2.12 bits per heavy atom. The molecule has 0 aromatic heterocycles. The van der Waals surface area contributed by atoms with Gasteiger partial charge in [0.2, 0.25) is 11.8 Å². The lowest BCUT2D eigenvalue weighted by Gasteiger charge is -2.30. The summed E-state index contributed by atoms with van der Waals surface area (Å²) in [6.45, 7) is 5.85. The molecule has 3 heterocycles. The van der Waals surface area contributed by atoms with Gasteiger partial charge in [0, 0.05) is 38.4 Å². The first-order chi connectivity index (χ1) is 12.6. The number of rotatable bonds is 5. The lowest BCUT2D eigenvalue weighted by Crippen LogP contribution is -2.50.